The summed E-state index contributed by atoms with van der Waals surface area (Å²) in [5.74, 6) is -0.764. The molecule has 0 spiro atoms. The van der Waals surface area contributed by atoms with Gasteiger partial charge in [0.2, 0.25) is 11.8 Å². The van der Waals surface area contributed by atoms with Gasteiger partial charge in [0, 0.05) is 47.9 Å². The minimum absolute atomic E-state index is 0. The van der Waals surface area contributed by atoms with Crippen LogP contribution in [0.25, 0.3) is 10.9 Å². The number of amides is 3. The summed E-state index contributed by atoms with van der Waals surface area (Å²) in [6, 6.07) is 21.8. The molecular weight excluding hydrogens is 514 g/mol. The smallest absolute Gasteiger partial charge is 0.255 e. The average molecular weight is 546 g/mol. The van der Waals surface area contributed by atoms with Gasteiger partial charge in [-0.15, -0.1) is 12.4 Å². The highest BCUT2D eigenvalue weighted by Gasteiger charge is 2.33. The van der Waals surface area contributed by atoms with Crippen LogP contribution in [0, 0.1) is 0 Å². The number of H-pyrrole nitrogens is 1. The molecule has 0 radical (unpaired) electrons. The predicted octanol–water partition coefficient (Wildman–Crippen LogP) is 4.15. The monoisotopic (exact) mass is 545 g/mol. The Kier molecular flexibility index (Phi) is 8.09. The number of carbonyl (C=O) groups is 3. The molecule has 0 fully saturated rings. The third-order valence-corrected chi connectivity index (χ3v) is 6.82. The summed E-state index contributed by atoms with van der Waals surface area (Å²) in [6.45, 7) is 4.04. The molecule has 1 aliphatic heterocycles. The normalized spacial score (nSPS) is 13.4. The summed E-state index contributed by atoms with van der Waals surface area (Å²) in [5.41, 5.74) is 10.0. The summed E-state index contributed by atoms with van der Waals surface area (Å²) in [5, 5.41) is 6.83. The number of nitrogens with two attached hydrogens (primary N) is 1. The van der Waals surface area contributed by atoms with Crippen molar-refractivity contribution in [3.05, 3.63) is 101 Å². The van der Waals surface area contributed by atoms with Crippen molar-refractivity contribution in [3.8, 4) is 0 Å². The van der Waals surface area contributed by atoms with Gasteiger partial charge in [-0.05, 0) is 60.9 Å². The molecule has 0 saturated carbocycles. The summed E-state index contributed by atoms with van der Waals surface area (Å²) in [7, 11) is 0. The maximum atomic E-state index is 13.8. The highest BCUT2D eigenvalue weighted by molar-refractivity contribution is 6.04. The van der Waals surface area contributed by atoms with Crippen molar-refractivity contribution in [3.63, 3.8) is 0 Å². The maximum Gasteiger partial charge on any atom is 0.255 e. The van der Waals surface area contributed by atoms with Crippen LogP contribution in [-0.4, -0.2) is 39.2 Å². The van der Waals surface area contributed by atoms with E-state index in [-0.39, 0.29) is 24.2 Å². The molecule has 2 heterocycles. The Morgan fingerprint density at radius 3 is 2.41 bits per heavy atom. The van der Waals surface area contributed by atoms with Crippen molar-refractivity contribution in [2.45, 2.75) is 44.9 Å². The molecule has 5 N–H and O–H groups in total. The van der Waals surface area contributed by atoms with Crippen LogP contribution in [0.5, 0.6) is 0 Å². The number of benzene rings is 3. The number of carbonyl (C=O) groups excluding carboxylic acids is 3. The van der Waals surface area contributed by atoms with E-state index < -0.39 is 17.5 Å². The second-order valence-electron chi connectivity index (χ2n) is 10.3. The topological polar surface area (TPSA) is 120 Å². The molecule has 0 aliphatic carbocycles. The van der Waals surface area contributed by atoms with Gasteiger partial charge in [-0.2, -0.15) is 0 Å². The van der Waals surface area contributed by atoms with Crippen LogP contribution < -0.4 is 16.4 Å². The van der Waals surface area contributed by atoms with E-state index in [1.807, 2.05) is 66.9 Å². The van der Waals surface area contributed by atoms with Crippen LogP contribution >= 0.6 is 12.4 Å². The molecule has 0 saturated heterocycles. The molecule has 1 aromatic heterocycles. The zero-order chi connectivity index (χ0) is 26.9. The molecule has 1 atom stereocenters. The minimum atomic E-state index is -1.13. The Balaban J connectivity index is 0.00000353. The minimum Gasteiger partial charge on any atom is -0.361 e. The fourth-order valence-corrected chi connectivity index (χ4v) is 4.71. The average Bonchev–Trinajstić information content (AvgIpc) is 3.52. The largest absolute Gasteiger partial charge is 0.361 e. The lowest BCUT2D eigenvalue weighted by Crippen LogP contribution is -2.56. The van der Waals surface area contributed by atoms with Crippen molar-refractivity contribution in [2.75, 3.05) is 5.32 Å². The molecule has 39 heavy (non-hydrogen) atoms. The van der Waals surface area contributed by atoms with Gasteiger partial charge in [-0.3, -0.25) is 14.4 Å². The van der Waals surface area contributed by atoms with Crippen LogP contribution in [0.4, 0.5) is 5.69 Å². The van der Waals surface area contributed by atoms with E-state index in [0.29, 0.717) is 30.8 Å². The maximum absolute atomic E-state index is 13.8. The molecule has 4 aromatic rings. The second kappa shape index (κ2) is 11.3. The third kappa shape index (κ3) is 6.13. The molecule has 0 bridgehead atoms. The fraction of sp³-hybridized carbons (Fsp3) is 0.233. The van der Waals surface area contributed by atoms with Gasteiger partial charge in [-0.1, -0.05) is 42.5 Å². The number of halogens is 1. The molecule has 5 rings (SSSR count). The Morgan fingerprint density at radius 1 is 0.974 bits per heavy atom. The van der Waals surface area contributed by atoms with E-state index >= 15 is 0 Å². The summed E-state index contributed by atoms with van der Waals surface area (Å²) < 4.78 is 0. The summed E-state index contributed by atoms with van der Waals surface area (Å²) in [6.07, 6.45) is 2.21. The Morgan fingerprint density at radius 2 is 1.67 bits per heavy atom. The van der Waals surface area contributed by atoms with Crippen molar-refractivity contribution < 1.29 is 14.4 Å². The van der Waals surface area contributed by atoms with Crippen LogP contribution in [0.1, 0.15) is 40.9 Å². The Hall–Kier alpha value is -4.14. The lowest BCUT2D eigenvalue weighted by Gasteiger charge is -2.27. The van der Waals surface area contributed by atoms with Crippen molar-refractivity contribution in [1.82, 2.24) is 15.2 Å². The molecule has 3 aromatic carbocycles. The number of rotatable bonds is 7. The number of para-hydroxylation sites is 1. The zero-order valence-corrected chi connectivity index (χ0v) is 22.7. The van der Waals surface area contributed by atoms with Crippen LogP contribution in [0.15, 0.2) is 79.0 Å². The van der Waals surface area contributed by atoms with E-state index in [2.05, 4.69) is 15.6 Å². The highest BCUT2D eigenvalue weighted by Crippen LogP contribution is 2.28. The molecule has 9 heteroatoms. The number of anilines is 1. The molecule has 202 valence electrons. The number of hydrogen-bond acceptors (Lipinski definition) is 4. The van der Waals surface area contributed by atoms with Crippen LogP contribution in [0.3, 0.4) is 0 Å². The molecule has 8 nitrogen and oxygen atoms in total. The lowest BCUT2D eigenvalue weighted by molar-refractivity contribution is -0.138. The number of aromatic nitrogens is 1. The Labute approximate surface area is 233 Å². The van der Waals surface area contributed by atoms with Crippen LogP contribution in [-0.2, 0) is 29.1 Å². The predicted molar refractivity (Wildman–Crippen MR) is 155 cm³/mol. The van der Waals surface area contributed by atoms with Gasteiger partial charge < -0.3 is 26.3 Å². The lowest BCUT2D eigenvalue weighted by atomic mass is 10.0. The summed E-state index contributed by atoms with van der Waals surface area (Å²) in [4.78, 5) is 44.1. The van der Waals surface area contributed by atoms with Gasteiger partial charge in [0.1, 0.15) is 6.04 Å². The molecule has 1 aliphatic rings. The van der Waals surface area contributed by atoms with E-state index in [9.17, 15) is 14.4 Å². The van der Waals surface area contributed by atoms with Gasteiger partial charge >= 0.3 is 0 Å². The zero-order valence-electron chi connectivity index (χ0n) is 21.9. The summed E-state index contributed by atoms with van der Waals surface area (Å²) >= 11 is 0. The first-order chi connectivity index (χ1) is 18.2. The SMILES string of the molecule is CC(C)(N)C(=O)NC(Cc1c[nH]c2ccccc12)C(=O)N1Cc2ccc(NC(=O)c3ccccc3)cc2C1.Cl. The highest BCUT2D eigenvalue weighted by atomic mass is 35.5. The van der Waals surface area contributed by atoms with E-state index in [1.165, 1.54) is 0 Å². The Bertz CT molecular complexity index is 1510. The van der Waals surface area contributed by atoms with Crippen molar-refractivity contribution in [2.24, 2.45) is 5.73 Å². The van der Waals surface area contributed by atoms with Crippen molar-refractivity contribution >= 4 is 46.7 Å². The number of aromatic amines is 1. The fourth-order valence-electron chi connectivity index (χ4n) is 4.71. The molecule has 3 amide bonds. The van der Waals surface area contributed by atoms with Gasteiger partial charge in [0.05, 0.1) is 5.54 Å². The number of nitrogens with zero attached hydrogens (tertiary/aromatic N) is 1. The molecule has 1 unspecified atom stereocenters. The van der Waals surface area contributed by atoms with Crippen LogP contribution in [0.2, 0.25) is 0 Å². The first kappa shape index (κ1) is 27.9. The second-order valence-corrected chi connectivity index (χ2v) is 10.3. The van der Waals surface area contributed by atoms with E-state index in [1.54, 1.807) is 30.9 Å². The van der Waals surface area contributed by atoms with Gasteiger partial charge in [0.25, 0.3) is 5.91 Å². The van der Waals surface area contributed by atoms with E-state index in [4.69, 9.17) is 5.73 Å². The first-order valence-electron chi connectivity index (χ1n) is 12.6. The van der Waals surface area contributed by atoms with Gasteiger partial charge in [0.15, 0.2) is 0 Å². The van der Waals surface area contributed by atoms with Gasteiger partial charge in [-0.25, -0.2) is 0 Å². The quantitative estimate of drug-likeness (QED) is 0.279. The number of hydrogen-bond donors (Lipinski definition) is 4. The van der Waals surface area contributed by atoms with Crippen molar-refractivity contribution in [1.29, 1.82) is 0 Å². The first-order valence-corrected chi connectivity index (χ1v) is 12.6. The van der Waals surface area contributed by atoms with E-state index in [0.717, 1.165) is 27.6 Å². The third-order valence-electron chi connectivity index (χ3n) is 6.82. The number of fused-ring (bicyclic) bond motifs is 2. The molecular formula is C30H32ClN5O3. The number of nitrogens with one attached hydrogen (secondary N) is 3. The standard InChI is InChI=1S/C30H31N5O3.ClH/c1-30(2,31)29(38)34-26(15-21-16-32-25-11-7-6-10-24(21)25)28(37)35-17-20-12-13-23(14-22(20)18-35)33-27(36)19-8-4-3-5-9-19;/h3-14,16,26,32H,15,17-18,31H2,1-2H3,(H,33,36)(H,34,38);1H.